The lowest BCUT2D eigenvalue weighted by atomic mass is 10.1. The molecule has 0 aliphatic carbocycles. The van der Waals surface area contributed by atoms with E-state index in [1.54, 1.807) is 17.0 Å². The summed E-state index contributed by atoms with van der Waals surface area (Å²) in [5.74, 6) is -0.297. The van der Waals surface area contributed by atoms with Gasteiger partial charge in [-0.25, -0.2) is 0 Å². The molecular weight excluding hydrogens is 511 g/mol. The minimum absolute atomic E-state index is 0.117. The summed E-state index contributed by atoms with van der Waals surface area (Å²) in [6.07, 6.45) is 3.76. The minimum Gasteiger partial charge on any atom is -0.342 e. The number of hydrogen-bond donors (Lipinski definition) is 1. The molecule has 176 valence electrons. The SMILES string of the molecule is N=C1C(=Cc2cn(Cc3ccc(Cl)c(Cl)c3)c3ccccc23)C(=O)N=C2SC=C(c3ccccc3)N12. The molecule has 6 rings (SSSR count). The number of benzene rings is 3. The number of thioether (sulfide) groups is 1. The largest absolute Gasteiger partial charge is 0.342 e. The summed E-state index contributed by atoms with van der Waals surface area (Å²) in [6, 6.07) is 23.4. The number of amides is 1. The molecule has 1 aromatic heterocycles. The van der Waals surface area contributed by atoms with Gasteiger partial charge in [-0.3, -0.25) is 15.1 Å². The van der Waals surface area contributed by atoms with Gasteiger partial charge in [0.15, 0.2) is 5.17 Å². The van der Waals surface area contributed by atoms with Crippen molar-refractivity contribution in [2.24, 2.45) is 4.99 Å². The van der Waals surface area contributed by atoms with Crippen LogP contribution < -0.4 is 0 Å². The van der Waals surface area contributed by atoms with Crippen molar-refractivity contribution in [3.8, 4) is 0 Å². The Morgan fingerprint density at radius 2 is 1.75 bits per heavy atom. The number of hydrogen-bond acceptors (Lipinski definition) is 3. The monoisotopic (exact) mass is 528 g/mol. The molecule has 36 heavy (non-hydrogen) atoms. The van der Waals surface area contributed by atoms with Gasteiger partial charge in [-0.05, 0) is 35.4 Å². The first kappa shape index (κ1) is 22.9. The second-order valence-electron chi connectivity index (χ2n) is 8.41. The van der Waals surface area contributed by atoms with E-state index in [9.17, 15) is 4.79 Å². The van der Waals surface area contributed by atoms with E-state index in [1.165, 1.54) is 11.8 Å². The number of nitrogens with one attached hydrogen (secondary N) is 1. The van der Waals surface area contributed by atoms with Crippen LogP contribution in [0.4, 0.5) is 0 Å². The van der Waals surface area contributed by atoms with E-state index in [0.717, 1.165) is 33.3 Å². The lowest BCUT2D eigenvalue weighted by Crippen LogP contribution is -2.37. The van der Waals surface area contributed by atoms with Crippen molar-refractivity contribution < 1.29 is 4.79 Å². The van der Waals surface area contributed by atoms with E-state index in [1.807, 2.05) is 78.3 Å². The van der Waals surface area contributed by atoms with E-state index in [4.69, 9.17) is 28.6 Å². The third kappa shape index (κ3) is 3.97. The van der Waals surface area contributed by atoms with E-state index in [-0.39, 0.29) is 11.4 Å². The van der Waals surface area contributed by atoms with Crippen LogP contribution in [0.2, 0.25) is 10.0 Å². The van der Waals surface area contributed by atoms with Crippen molar-refractivity contribution in [3.05, 3.63) is 117 Å². The van der Waals surface area contributed by atoms with E-state index in [2.05, 4.69) is 9.56 Å². The maximum absolute atomic E-state index is 13.0. The zero-order chi connectivity index (χ0) is 24.8. The van der Waals surface area contributed by atoms with Gasteiger partial charge in [-0.15, -0.1) is 0 Å². The van der Waals surface area contributed by atoms with Gasteiger partial charge in [0, 0.05) is 34.6 Å². The Morgan fingerprint density at radius 3 is 2.56 bits per heavy atom. The summed E-state index contributed by atoms with van der Waals surface area (Å²) < 4.78 is 2.11. The van der Waals surface area contributed by atoms with Crippen molar-refractivity contribution in [3.63, 3.8) is 0 Å². The molecule has 4 aromatic rings. The number of carbonyl (C=O) groups excluding carboxylic acids is 1. The maximum Gasteiger partial charge on any atom is 0.283 e. The Balaban J connectivity index is 1.40. The predicted octanol–water partition coefficient (Wildman–Crippen LogP) is 7.30. The van der Waals surface area contributed by atoms with Crippen LogP contribution in [0.5, 0.6) is 0 Å². The van der Waals surface area contributed by atoms with Gasteiger partial charge >= 0.3 is 0 Å². The number of para-hydroxylation sites is 1. The molecule has 1 amide bonds. The fourth-order valence-corrected chi connectivity index (χ4v) is 5.64. The summed E-state index contributed by atoms with van der Waals surface area (Å²) >= 11 is 13.7. The fraction of sp³-hybridized carbons (Fsp3) is 0.0357. The normalized spacial score (nSPS) is 16.5. The maximum atomic E-state index is 13.0. The first-order chi connectivity index (χ1) is 17.5. The van der Waals surface area contributed by atoms with Crippen molar-refractivity contribution in [2.75, 3.05) is 0 Å². The number of halogens is 2. The number of carbonyl (C=O) groups is 1. The van der Waals surface area contributed by atoms with E-state index < -0.39 is 5.91 Å². The second kappa shape index (κ2) is 9.13. The highest BCUT2D eigenvalue weighted by atomic mass is 35.5. The molecule has 0 atom stereocenters. The smallest absolute Gasteiger partial charge is 0.283 e. The number of aromatic nitrogens is 1. The van der Waals surface area contributed by atoms with Crippen LogP contribution in [0.1, 0.15) is 16.7 Å². The summed E-state index contributed by atoms with van der Waals surface area (Å²) in [5, 5.41) is 13.4. The lowest BCUT2D eigenvalue weighted by Gasteiger charge is -2.26. The van der Waals surface area contributed by atoms with Gasteiger partial charge < -0.3 is 4.57 Å². The van der Waals surface area contributed by atoms with Crippen molar-refractivity contribution in [1.29, 1.82) is 5.41 Å². The van der Waals surface area contributed by atoms with E-state index >= 15 is 0 Å². The second-order valence-corrected chi connectivity index (χ2v) is 10.1. The van der Waals surface area contributed by atoms with Crippen LogP contribution >= 0.6 is 35.0 Å². The summed E-state index contributed by atoms with van der Waals surface area (Å²) in [6.45, 7) is 0.581. The Bertz CT molecular complexity index is 1650. The molecule has 0 bridgehead atoms. The van der Waals surface area contributed by atoms with Crippen LogP contribution in [0.15, 0.2) is 95.0 Å². The highest BCUT2D eigenvalue weighted by molar-refractivity contribution is 8.17. The summed E-state index contributed by atoms with van der Waals surface area (Å²) in [7, 11) is 0. The molecule has 8 heteroatoms. The van der Waals surface area contributed by atoms with E-state index in [0.29, 0.717) is 21.8 Å². The number of rotatable bonds is 4. The van der Waals surface area contributed by atoms with Gasteiger partial charge in [0.25, 0.3) is 5.91 Å². The third-order valence-corrected chi connectivity index (χ3v) is 7.71. The molecule has 5 nitrogen and oxygen atoms in total. The minimum atomic E-state index is -0.414. The highest BCUT2D eigenvalue weighted by Crippen LogP contribution is 2.38. The van der Waals surface area contributed by atoms with Crippen molar-refractivity contribution in [1.82, 2.24) is 9.47 Å². The average molecular weight is 529 g/mol. The van der Waals surface area contributed by atoms with Gasteiger partial charge in [0.05, 0.1) is 21.3 Å². The zero-order valence-corrected chi connectivity index (χ0v) is 21.1. The first-order valence-electron chi connectivity index (χ1n) is 11.2. The Kier molecular flexibility index (Phi) is 5.80. The van der Waals surface area contributed by atoms with Gasteiger partial charge in [-0.1, -0.05) is 89.6 Å². The molecule has 0 saturated heterocycles. The van der Waals surface area contributed by atoms with Crippen LogP contribution in [0.3, 0.4) is 0 Å². The molecule has 0 unspecified atom stereocenters. The van der Waals surface area contributed by atoms with Crippen molar-refractivity contribution in [2.45, 2.75) is 6.54 Å². The quantitative estimate of drug-likeness (QED) is 0.282. The van der Waals surface area contributed by atoms with Gasteiger partial charge in [0.2, 0.25) is 0 Å². The van der Waals surface area contributed by atoms with Crippen LogP contribution in [0.25, 0.3) is 22.7 Å². The van der Waals surface area contributed by atoms with Crippen LogP contribution in [-0.4, -0.2) is 26.4 Å². The zero-order valence-electron chi connectivity index (χ0n) is 18.8. The molecule has 0 saturated carbocycles. The summed E-state index contributed by atoms with van der Waals surface area (Å²) in [4.78, 5) is 19.0. The number of fused-ring (bicyclic) bond motifs is 2. The number of aliphatic imine (C=N–C) groups is 1. The topological polar surface area (TPSA) is 61.5 Å². The average Bonchev–Trinajstić information content (AvgIpc) is 3.46. The molecular formula is C28H18Cl2N4OS. The lowest BCUT2D eigenvalue weighted by molar-refractivity contribution is -0.114. The fourth-order valence-electron chi connectivity index (χ4n) is 4.43. The number of amidine groups is 2. The van der Waals surface area contributed by atoms with Crippen molar-refractivity contribution >= 4 is 74.6 Å². The predicted molar refractivity (Wildman–Crippen MR) is 149 cm³/mol. The molecule has 3 heterocycles. The van der Waals surface area contributed by atoms with Gasteiger partial charge in [-0.2, -0.15) is 4.99 Å². The summed E-state index contributed by atoms with van der Waals surface area (Å²) in [5.41, 5.74) is 4.91. The molecule has 0 fully saturated rings. The number of nitrogens with zero attached hydrogens (tertiary/aromatic N) is 3. The van der Waals surface area contributed by atoms with Gasteiger partial charge in [0.1, 0.15) is 5.84 Å². The molecule has 0 radical (unpaired) electrons. The third-order valence-electron chi connectivity index (χ3n) is 6.14. The standard InChI is InChI=1S/C28H18Cl2N4OS/c29-22-11-10-17(12-23(22)30)14-33-15-19(20-8-4-5-9-24(20)33)13-21-26(31)34-25(18-6-2-1-3-7-18)16-36-28(34)32-27(21)35/h1-13,15-16,31H,14H2. The molecule has 2 aliphatic heterocycles. The molecule has 2 aliphatic rings. The first-order valence-corrected chi connectivity index (χ1v) is 12.8. The molecule has 3 aromatic carbocycles. The van der Waals surface area contributed by atoms with Crippen LogP contribution in [-0.2, 0) is 11.3 Å². The Hall–Kier alpha value is -3.58. The molecule has 1 N–H and O–H groups in total. The molecule has 0 spiro atoms. The Labute approximate surface area is 221 Å². The highest BCUT2D eigenvalue weighted by Gasteiger charge is 2.36. The van der Waals surface area contributed by atoms with Crippen LogP contribution in [0, 0.1) is 5.41 Å². The Morgan fingerprint density at radius 1 is 0.972 bits per heavy atom.